The summed E-state index contributed by atoms with van der Waals surface area (Å²) in [5.74, 6) is 1.06. The number of Topliss-reactive ketones (excluding diaryl/α,β-unsaturated/α-hetero) is 1. The van der Waals surface area contributed by atoms with Gasteiger partial charge in [0.25, 0.3) is 0 Å². The molecule has 0 spiro atoms. The fraction of sp³-hybridized carbons (Fsp3) is 0.562. The molecule has 2 aliphatic carbocycles. The van der Waals surface area contributed by atoms with Gasteiger partial charge in [0.15, 0.2) is 0 Å². The Labute approximate surface area is 119 Å². The second kappa shape index (κ2) is 5.28. The molecule has 20 heavy (non-hydrogen) atoms. The Hall–Kier alpha value is -1.23. The maximum absolute atomic E-state index is 12.7. The van der Waals surface area contributed by atoms with Gasteiger partial charge < -0.3 is 16.3 Å². The Morgan fingerprint density at radius 3 is 2.85 bits per heavy atom. The first-order chi connectivity index (χ1) is 8.82. The van der Waals surface area contributed by atoms with Crippen molar-refractivity contribution >= 4 is 5.78 Å². The molecule has 3 aliphatic rings. The largest absolute Gasteiger partial charge is 0.412 e. The summed E-state index contributed by atoms with van der Waals surface area (Å²) in [4.78, 5) is 12.7. The fourth-order valence-corrected chi connectivity index (χ4v) is 4.69. The molecule has 4 rings (SSSR count). The maximum Gasteiger partial charge on any atom is 0.143 e. The predicted molar refractivity (Wildman–Crippen MR) is 77.8 cm³/mol. The number of hydrogen-bond acceptors (Lipinski definition) is 2. The number of carbonyl (C=O) groups is 1. The molecule has 3 atom stereocenters. The number of nitrogens with one attached hydrogen (secondary N) is 1. The lowest BCUT2D eigenvalue weighted by atomic mass is 9.52. The normalized spacial score (nSPS) is 34.1. The molecule has 5 N–H and O–H groups in total. The van der Waals surface area contributed by atoms with Gasteiger partial charge in [-0.25, -0.2) is 0 Å². The van der Waals surface area contributed by atoms with Crippen molar-refractivity contribution in [1.29, 1.82) is 0 Å². The highest BCUT2D eigenvalue weighted by atomic mass is 16.1. The molecule has 4 nitrogen and oxygen atoms in total. The zero-order valence-electron chi connectivity index (χ0n) is 11.6. The predicted octanol–water partition coefficient (Wildman–Crippen LogP) is 0.562. The third-order valence-electron chi connectivity index (χ3n) is 5.40. The third kappa shape index (κ3) is 1.75. The van der Waals surface area contributed by atoms with E-state index in [1.54, 1.807) is 0 Å². The summed E-state index contributed by atoms with van der Waals surface area (Å²) in [6.45, 7) is 1.00. The second-order valence-electron chi connectivity index (χ2n) is 6.07. The molecular weight excluding hydrogens is 254 g/mol. The van der Waals surface area contributed by atoms with Crippen molar-refractivity contribution in [2.45, 2.75) is 43.6 Å². The molecule has 1 aromatic rings. The maximum atomic E-state index is 12.7. The van der Waals surface area contributed by atoms with Gasteiger partial charge in [0.1, 0.15) is 5.78 Å². The van der Waals surface area contributed by atoms with Crippen LogP contribution in [0.2, 0.25) is 0 Å². The minimum absolute atomic E-state index is 0. The Balaban J connectivity index is 0.000000735. The molecule has 1 saturated heterocycles. The van der Waals surface area contributed by atoms with Crippen LogP contribution in [-0.2, 0) is 16.6 Å². The van der Waals surface area contributed by atoms with Crippen LogP contribution in [0.25, 0.3) is 0 Å². The molecule has 2 fully saturated rings. The van der Waals surface area contributed by atoms with Crippen LogP contribution in [0.3, 0.4) is 0 Å². The van der Waals surface area contributed by atoms with E-state index in [1.807, 2.05) is 0 Å². The van der Waals surface area contributed by atoms with Gasteiger partial charge in [-0.15, -0.1) is 0 Å². The molecule has 4 heteroatoms. The number of rotatable bonds is 0. The van der Waals surface area contributed by atoms with E-state index in [4.69, 9.17) is 0 Å². The van der Waals surface area contributed by atoms with Crippen molar-refractivity contribution in [1.82, 2.24) is 5.32 Å². The smallest absolute Gasteiger partial charge is 0.143 e. The second-order valence-corrected chi connectivity index (χ2v) is 6.07. The summed E-state index contributed by atoms with van der Waals surface area (Å²) in [6, 6.07) is 9.17. The lowest BCUT2D eigenvalue weighted by Gasteiger charge is -2.54. The van der Waals surface area contributed by atoms with Crippen LogP contribution in [0.15, 0.2) is 24.3 Å². The van der Waals surface area contributed by atoms with Crippen molar-refractivity contribution in [3.8, 4) is 0 Å². The summed E-state index contributed by atoms with van der Waals surface area (Å²) in [5.41, 5.74) is 2.63. The topological polar surface area (TPSA) is 92.1 Å². The first kappa shape index (κ1) is 15.2. The first-order valence-corrected chi connectivity index (χ1v) is 7.17. The minimum atomic E-state index is -0.136. The van der Waals surface area contributed by atoms with Gasteiger partial charge in [0.2, 0.25) is 0 Å². The Kier molecular flexibility index (Phi) is 4.00. The Morgan fingerprint density at radius 2 is 2.00 bits per heavy atom. The molecule has 1 heterocycles. The number of benzene rings is 1. The molecule has 1 saturated carbocycles. The van der Waals surface area contributed by atoms with E-state index in [1.165, 1.54) is 17.5 Å². The van der Waals surface area contributed by atoms with Crippen LogP contribution in [0.1, 0.15) is 36.8 Å². The highest BCUT2D eigenvalue weighted by Crippen LogP contribution is 2.51. The summed E-state index contributed by atoms with van der Waals surface area (Å²) in [7, 11) is 0. The van der Waals surface area contributed by atoms with Crippen molar-refractivity contribution in [2.75, 3.05) is 6.54 Å². The van der Waals surface area contributed by atoms with Crippen LogP contribution in [-0.4, -0.2) is 29.3 Å². The number of piperidine rings is 1. The van der Waals surface area contributed by atoms with Gasteiger partial charge in [-0.1, -0.05) is 24.3 Å². The number of carbonyl (C=O) groups excluding carboxylic acids is 1. The Morgan fingerprint density at radius 1 is 1.20 bits per heavy atom. The van der Waals surface area contributed by atoms with E-state index < -0.39 is 0 Å². The average molecular weight is 277 g/mol. The number of ketones is 1. The monoisotopic (exact) mass is 277 g/mol. The van der Waals surface area contributed by atoms with Gasteiger partial charge >= 0.3 is 0 Å². The summed E-state index contributed by atoms with van der Waals surface area (Å²) < 4.78 is 0. The standard InChI is InChI=1S/C16H19NO.2H2O/c18-15-7-3-6-13-14-10-11-4-1-2-5-12(11)16(13,15)8-9-17-14;;/h1-2,4-5,13-14,17H,3,6-10H2;2*1H2/t13-,14+,16+;;/m0../s1. The average Bonchev–Trinajstić information content (AvgIpc) is 2.39. The number of hydrogen-bond donors (Lipinski definition) is 1. The van der Waals surface area contributed by atoms with Gasteiger partial charge in [-0.05, 0) is 49.3 Å². The Bertz CT molecular complexity index is 516. The van der Waals surface area contributed by atoms with E-state index in [-0.39, 0.29) is 16.4 Å². The van der Waals surface area contributed by atoms with Crippen molar-refractivity contribution < 1.29 is 15.7 Å². The summed E-state index contributed by atoms with van der Waals surface area (Å²) in [5, 5.41) is 3.65. The van der Waals surface area contributed by atoms with Crippen LogP contribution in [0.5, 0.6) is 0 Å². The molecular formula is C16H23NO3. The van der Waals surface area contributed by atoms with Crippen LogP contribution < -0.4 is 5.32 Å². The van der Waals surface area contributed by atoms with Gasteiger partial charge in [-0.2, -0.15) is 0 Å². The summed E-state index contributed by atoms with van der Waals surface area (Å²) >= 11 is 0. The fourth-order valence-electron chi connectivity index (χ4n) is 4.69. The minimum Gasteiger partial charge on any atom is -0.412 e. The third-order valence-corrected chi connectivity index (χ3v) is 5.40. The van der Waals surface area contributed by atoms with E-state index >= 15 is 0 Å². The molecule has 1 aliphatic heterocycles. The van der Waals surface area contributed by atoms with Crippen LogP contribution in [0.4, 0.5) is 0 Å². The first-order valence-electron chi connectivity index (χ1n) is 7.17. The molecule has 0 amide bonds. The van der Waals surface area contributed by atoms with Gasteiger partial charge in [0.05, 0.1) is 5.41 Å². The molecule has 1 aromatic carbocycles. The van der Waals surface area contributed by atoms with E-state index in [0.29, 0.717) is 17.7 Å². The zero-order valence-corrected chi connectivity index (χ0v) is 11.6. The lowest BCUT2D eigenvalue weighted by molar-refractivity contribution is -0.132. The van der Waals surface area contributed by atoms with Gasteiger partial charge in [-0.3, -0.25) is 4.79 Å². The van der Waals surface area contributed by atoms with E-state index in [2.05, 4.69) is 29.6 Å². The molecule has 2 bridgehead atoms. The van der Waals surface area contributed by atoms with Crippen LogP contribution in [0, 0.1) is 5.92 Å². The van der Waals surface area contributed by atoms with Crippen molar-refractivity contribution in [3.63, 3.8) is 0 Å². The van der Waals surface area contributed by atoms with E-state index in [0.717, 1.165) is 32.2 Å². The molecule has 0 radical (unpaired) electrons. The van der Waals surface area contributed by atoms with Gasteiger partial charge in [0, 0.05) is 12.5 Å². The van der Waals surface area contributed by atoms with Crippen LogP contribution >= 0.6 is 0 Å². The summed E-state index contributed by atoms with van der Waals surface area (Å²) in [6.07, 6.45) is 5.21. The van der Waals surface area contributed by atoms with E-state index in [9.17, 15) is 4.79 Å². The zero-order chi connectivity index (χ0) is 12.2. The van der Waals surface area contributed by atoms with Crippen molar-refractivity contribution in [3.05, 3.63) is 35.4 Å². The highest BCUT2D eigenvalue weighted by molar-refractivity contribution is 5.92. The number of fused-ring (bicyclic) bond motifs is 1. The molecule has 0 unspecified atom stereocenters. The SMILES string of the molecule is O.O.O=C1CCC[C@H]2[C@H]3Cc4ccccc4[C@@]12CCN3. The van der Waals surface area contributed by atoms with Crippen molar-refractivity contribution in [2.24, 2.45) is 5.92 Å². The lowest BCUT2D eigenvalue weighted by Crippen LogP contribution is -2.62. The molecule has 110 valence electrons. The molecule has 0 aromatic heterocycles. The quantitative estimate of drug-likeness (QED) is 0.750. The highest BCUT2D eigenvalue weighted by Gasteiger charge is 2.55.